The average molecular weight is 225 g/mol. The Morgan fingerprint density at radius 3 is 2.69 bits per heavy atom. The third-order valence-corrected chi connectivity index (χ3v) is 4.36. The Hall–Kier alpha value is -0.0800. The maximum Gasteiger partial charge on any atom is 0.0697 e. The highest BCUT2D eigenvalue weighted by Crippen LogP contribution is 2.40. The van der Waals surface area contributed by atoms with Gasteiger partial charge in [-0.05, 0) is 57.4 Å². The van der Waals surface area contributed by atoms with Gasteiger partial charge in [0.1, 0.15) is 0 Å². The fourth-order valence-electron chi connectivity index (χ4n) is 3.19. The molecule has 2 aliphatic rings. The smallest absolute Gasteiger partial charge is 0.0697 e. The molecule has 1 heterocycles. The molecule has 0 amide bonds. The fourth-order valence-corrected chi connectivity index (χ4v) is 3.19. The maximum atomic E-state index is 6.12. The first-order valence-corrected chi connectivity index (χ1v) is 7.11. The van der Waals surface area contributed by atoms with Crippen molar-refractivity contribution in [3.05, 3.63) is 0 Å². The Labute approximate surface area is 100 Å². The van der Waals surface area contributed by atoms with Gasteiger partial charge in [0.05, 0.1) is 5.60 Å². The summed E-state index contributed by atoms with van der Waals surface area (Å²) in [6, 6.07) is 0.710. The van der Waals surface area contributed by atoms with Crippen molar-refractivity contribution in [1.82, 2.24) is 5.32 Å². The summed E-state index contributed by atoms with van der Waals surface area (Å²) in [5.74, 6) is 0.915. The van der Waals surface area contributed by atoms with Crippen LogP contribution in [-0.2, 0) is 4.74 Å². The quantitative estimate of drug-likeness (QED) is 0.797. The summed E-state index contributed by atoms with van der Waals surface area (Å²) >= 11 is 0. The van der Waals surface area contributed by atoms with E-state index in [1.54, 1.807) is 0 Å². The molecule has 0 aromatic rings. The molecule has 0 bridgehead atoms. The van der Waals surface area contributed by atoms with Crippen LogP contribution in [0.25, 0.3) is 0 Å². The molecule has 2 fully saturated rings. The van der Waals surface area contributed by atoms with E-state index in [1.807, 2.05) is 0 Å². The highest BCUT2D eigenvalue weighted by molar-refractivity contribution is 4.93. The second kappa shape index (κ2) is 5.50. The summed E-state index contributed by atoms with van der Waals surface area (Å²) in [5.41, 5.74) is 0.246. The largest absolute Gasteiger partial charge is 0.375 e. The van der Waals surface area contributed by atoms with Crippen molar-refractivity contribution >= 4 is 0 Å². The van der Waals surface area contributed by atoms with E-state index in [1.165, 1.54) is 44.9 Å². The van der Waals surface area contributed by atoms with Gasteiger partial charge in [-0.3, -0.25) is 0 Å². The highest BCUT2D eigenvalue weighted by atomic mass is 16.5. The van der Waals surface area contributed by atoms with Crippen LogP contribution in [0, 0.1) is 5.92 Å². The van der Waals surface area contributed by atoms with Crippen LogP contribution in [0.2, 0.25) is 0 Å². The number of nitrogens with one attached hydrogen (secondary N) is 1. The summed E-state index contributed by atoms with van der Waals surface area (Å²) in [6.45, 7) is 6.75. The van der Waals surface area contributed by atoms with Crippen molar-refractivity contribution in [2.75, 3.05) is 13.2 Å². The van der Waals surface area contributed by atoms with Crippen molar-refractivity contribution < 1.29 is 4.74 Å². The second-order valence-corrected chi connectivity index (χ2v) is 5.86. The van der Waals surface area contributed by atoms with E-state index in [-0.39, 0.29) is 5.60 Å². The molecule has 1 N–H and O–H groups in total. The van der Waals surface area contributed by atoms with Gasteiger partial charge in [-0.1, -0.05) is 13.8 Å². The maximum absolute atomic E-state index is 6.12. The summed E-state index contributed by atoms with van der Waals surface area (Å²) in [5, 5.41) is 3.67. The van der Waals surface area contributed by atoms with Crippen molar-refractivity contribution in [2.24, 2.45) is 5.92 Å². The molecule has 0 aromatic carbocycles. The highest BCUT2D eigenvalue weighted by Gasteiger charge is 2.39. The molecule has 94 valence electrons. The number of hydrogen-bond donors (Lipinski definition) is 1. The molecule has 2 nitrogen and oxygen atoms in total. The van der Waals surface area contributed by atoms with Crippen LogP contribution < -0.4 is 5.32 Å². The normalized spacial score (nSPS) is 40.1. The fraction of sp³-hybridized carbons (Fsp3) is 1.00. The third kappa shape index (κ3) is 2.98. The molecule has 2 rings (SSSR count). The van der Waals surface area contributed by atoms with Crippen molar-refractivity contribution in [3.8, 4) is 0 Å². The number of rotatable bonds is 3. The lowest BCUT2D eigenvalue weighted by Crippen LogP contribution is -2.48. The number of ether oxygens (including phenoxy) is 1. The van der Waals surface area contributed by atoms with Crippen LogP contribution >= 0.6 is 0 Å². The van der Waals surface area contributed by atoms with Crippen LogP contribution in [0.1, 0.15) is 58.8 Å². The zero-order valence-corrected chi connectivity index (χ0v) is 10.9. The molecule has 1 atom stereocenters. The lowest BCUT2D eigenvalue weighted by molar-refractivity contribution is -0.114. The Morgan fingerprint density at radius 1 is 1.25 bits per heavy atom. The monoisotopic (exact) mass is 225 g/mol. The average Bonchev–Trinajstić information content (AvgIpc) is 2.31. The second-order valence-electron chi connectivity index (χ2n) is 5.86. The van der Waals surface area contributed by atoms with E-state index in [0.29, 0.717) is 6.04 Å². The van der Waals surface area contributed by atoms with E-state index in [4.69, 9.17) is 4.74 Å². The van der Waals surface area contributed by atoms with Crippen LogP contribution in [0.5, 0.6) is 0 Å². The Balaban J connectivity index is 1.85. The Morgan fingerprint density at radius 2 is 2.00 bits per heavy atom. The molecule has 2 heteroatoms. The molecule has 0 aromatic heterocycles. The molecule has 1 saturated heterocycles. The predicted molar refractivity (Wildman–Crippen MR) is 67.6 cm³/mol. The van der Waals surface area contributed by atoms with Crippen LogP contribution in [0.4, 0.5) is 0 Å². The van der Waals surface area contributed by atoms with Gasteiger partial charge in [0.15, 0.2) is 0 Å². The van der Waals surface area contributed by atoms with Gasteiger partial charge in [-0.25, -0.2) is 0 Å². The molecule has 16 heavy (non-hydrogen) atoms. The van der Waals surface area contributed by atoms with E-state index >= 15 is 0 Å². The minimum Gasteiger partial charge on any atom is -0.375 e. The zero-order valence-electron chi connectivity index (χ0n) is 10.9. The van der Waals surface area contributed by atoms with Gasteiger partial charge in [-0.15, -0.1) is 0 Å². The molecule has 1 aliphatic carbocycles. The zero-order chi connectivity index (χ0) is 11.4. The lowest BCUT2D eigenvalue weighted by Gasteiger charge is -2.45. The molecule has 1 unspecified atom stereocenters. The molecular formula is C14H27NO. The molecule has 1 spiro atoms. The predicted octanol–water partition coefficient (Wildman–Crippen LogP) is 3.11. The van der Waals surface area contributed by atoms with Crippen LogP contribution in [-0.4, -0.2) is 24.8 Å². The van der Waals surface area contributed by atoms with Gasteiger partial charge in [-0.2, -0.15) is 0 Å². The van der Waals surface area contributed by atoms with Crippen molar-refractivity contribution in [1.29, 1.82) is 0 Å². The van der Waals surface area contributed by atoms with E-state index in [9.17, 15) is 0 Å². The van der Waals surface area contributed by atoms with Gasteiger partial charge < -0.3 is 10.1 Å². The van der Waals surface area contributed by atoms with Crippen LogP contribution in [0.3, 0.4) is 0 Å². The van der Waals surface area contributed by atoms with Gasteiger partial charge in [0.2, 0.25) is 0 Å². The van der Waals surface area contributed by atoms with E-state index in [0.717, 1.165) is 19.1 Å². The van der Waals surface area contributed by atoms with Gasteiger partial charge in [0, 0.05) is 12.6 Å². The summed E-state index contributed by atoms with van der Waals surface area (Å²) < 4.78 is 6.12. The molecule has 0 radical (unpaired) electrons. The van der Waals surface area contributed by atoms with Gasteiger partial charge in [0.25, 0.3) is 0 Å². The van der Waals surface area contributed by atoms with Crippen LogP contribution in [0.15, 0.2) is 0 Å². The van der Waals surface area contributed by atoms with E-state index in [2.05, 4.69) is 19.2 Å². The van der Waals surface area contributed by atoms with Crippen molar-refractivity contribution in [2.45, 2.75) is 70.4 Å². The molecule has 1 saturated carbocycles. The first-order chi connectivity index (χ1) is 7.74. The topological polar surface area (TPSA) is 21.3 Å². The minimum atomic E-state index is 0.246. The SMILES string of the molecule is CCCNC1CCOC2(CCC(C)CC2)C1. The summed E-state index contributed by atoms with van der Waals surface area (Å²) in [7, 11) is 0. The summed E-state index contributed by atoms with van der Waals surface area (Å²) in [4.78, 5) is 0. The van der Waals surface area contributed by atoms with Gasteiger partial charge >= 0.3 is 0 Å². The lowest BCUT2D eigenvalue weighted by atomic mass is 9.75. The Bertz CT molecular complexity index is 209. The summed E-state index contributed by atoms with van der Waals surface area (Å²) in [6.07, 6.45) is 9.00. The first-order valence-electron chi connectivity index (χ1n) is 7.11. The minimum absolute atomic E-state index is 0.246. The number of hydrogen-bond acceptors (Lipinski definition) is 2. The standard InChI is InChI=1S/C14H27NO/c1-3-9-15-13-6-10-16-14(11-13)7-4-12(2)5-8-14/h12-13,15H,3-11H2,1-2H3. The Kier molecular flexibility index (Phi) is 4.26. The van der Waals surface area contributed by atoms with E-state index < -0.39 is 0 Å². The third-order valence-electron chi connectivity index (χ3n) is 4.36. The first kappa shape index (κ1) is 12.4. The molecule has 1 aliphatic heterocycles. The molecular weight excluding hydrogens is 198 g/mol. The van der Waals surface area contributed by atoms with Crippen molar-refractivity contribution in [3.63, 3.8) is 0 Å².